The number of carboxylic acid groups (broad SMARTS) is 1. The number of anilines is 1. The quantitative estimate of drug-likeness (QED) is 0.676. The number of imidazole rings is 1. The molecule has 0 fully saturated rings. The van der Waals surface area contributed by atoms with Crippen LogP contribution in [-0.4, -0.2) is 27.6 Å². The summed E-state index contributed by atoms with van der Waals surface area (Å²) in [5.41, 5.74) is 2.62. The van der Waals surface area contributed by atoms with E-state index in [4.69, 9.17) is 5.11 Å². The number of fused-ring (bicyclic) bond motifs is 1. The van der Waals surface area contributed by atoms with E-state index in [1.165, 1.54) is 18.2 Å². The third-order valence-electron chi connectivity index (χ3n) is 3.35. The van der Waals surface area contributed by atoms with Crippen molar-refractivity contribution in [1.82, 2.24) is 9.97 Å². The number of nitrogens with zero attached hydrogens (tertiary/aromatic N) is 1. The van der Waals surface area contributed by atoms with Gasteiger partial charge in [0.05, 0.1) is 16.6 Å². The van der Waals surface area contributed by atoms with Crippen molar-refractivity contribution in [1.29, 1.82) is 0 Å². The van der Waals surface area contributed by atoms with Gasteiger partial charge < -0.3 is 15.4 Å². The molecule has 5 nitrogen and oxygen atoms in total. The van der Waals surface area contributed by atoms with Gasteiger partial charge >= 0.3 is 5.97 Å². The zero-order valence-electron chi connectivity index (χ0n) is 11.6. The van der Waals surface area contributed by atoms with Crippen molar-refractivity contribution in [3.05, 3.63) is 59.4 Å². The minimum atomic E-state index is -0.970. The molecular formula is C16H14FN3O2. The van der Waals surface area contributed by atoms with Crippen LogP contribution in [-0.2, 0) is 6.42 Å². The lowest BCUT2D eigenvalue weighted by molar-refractivity contribution is 0.0697. The molecule has 0 aliphatic rings. The maximum Gasteiger partial charge on any atom is 0.335 e. The Kier molecular flexibility index (Phi) is 3.74. The van der Waals surface area contributed by atoms with Crippen molar-refractivity contribution in [3.8, 4) is 0 Å². The molecule has 112 valence electrons. The molecule has 1 heterocycles. The first-order valence-corrected chi connectivity index (χ1v) is 6.83. The lowest BCUT2D eigenvalue weighted by Crippen LogP contribution is -2.05. The first-order chi connectivity index (χ1) is 10.6. The number of aromatic amines is 1. The number of halogens is 1. The molecule has 0 aliphatic carbocycles. The molecule has 1 aromatic heterocycles. The summed E-state index contributed by atoms with van der Waals surface area (Å²) in [5.74, 6) is -0.634. The maximum atomic E-state index is 12.8. The molecular weight excluding hydrogens is 285 g/mol. The summed E-state index contributed by atoms with van der Waals surface area (Å²) in [7, 11) is 0. The Labute approximate surface area is 125 Å². The zero-order valence-corrected chi connectivity index (χ0v) is 11.6. The Morgan fingerprint density at radius 1 is 1.23 bits per heavy atom. The molecule has 0 unspecified atom stereocenters. The largest absolute Gasteiger partial charge is 0.478 e. The highest BCUT2D eigenvalue weighted by Crippen LogP contribution is 2.16. The highest BCUT2D eigenvalue weighted by atomic mass is 19.1. The van der Waals surface area contributed by atoms with Gasteiger partial charge in [0.25, 0.3) is 0 Å². The number of hydrogen-bond acceptors (Lipinski definition) is 3. The Balaban J connectivity index is 1.66. The summed E-state index contributed by atoms with van der Waals surface area (Å²) in [4.78, 5) is 18.3. The molecule has 0 aliphatic heterocycles. The molecule has 22 heavy (non-hydrogen) atoms. The first kappa shape index (κ1) is 14.1. The SMILES string of the molecule is O=C(O)c1ccc2nc(NCCc3ccc(F)cc3)[nH]c2c1. The molecule has 6 heteroatoms. The molecule has 3 aromatic rings. The number of H-pyrrole nitrogens is 1. The van der Waals surface area contributed by atoms with E-state index in [0.717, 1.165) is 12.0 Å². The molecule has 0 bridgehead atoms. The molecule has 0 atom stereocenters. The van der Waals surface area contributed by atoms with Gasteiger partial charge in [-0.1, -0.05) is 12.1 Å². The second-order valence-corrected chi connectivity index (χ2v) is 4.93. The van der Waals surface area contributed by atoms with Crippen LogP contribution >= 0.6 is 0 Å². The Hall–Kier alpha value is -2.89. The highest BCUT2D eigenvalue weighted by molar-refractivity contribution is 5.92. The molecule has 3 N–H and O–H groups in total. The number of aromatic nitrogens is 2. The van der Waals surface area contributed by atoms with E-state index < -0.39 is 5.97 Å². The fraction of sp³-hybridized carbons (Fsp3) is 0.125. The number of aromatic carboxylic acids is 1. The smallest absolute Gasteiger partial charge is 0.335 e. The molecule has 3 rings (SSSR count). The average Bonchev–Trinajstić information content (AvgIpc) is 2.91. The monoisotopic (exact) mass is 299 g/mol. The van der Waals surface area contributed by atoms with E-state index >= 15 is 0 Å². The standard InChI is InChI=1S/C16H14FN3O2/c17-12-4-1-10(2-5-12)7-8-18-16-19-13-6-3-11(15(21)22)9-14(13)20-16/h1-6,9H,7-8H2,(H,21,22)(H2,18,19,20). The van der Waals surface area contributed by atoms with Crippen LogP contribution in [0.2, 0.25) is 0 Å². The van der Waals surface area contributed by atoms with Gasteiger partial charge in [-0.05, 0) is 42.3 Å². The van der Waals surface area contributed by atoms with Gasteiger partial charge in [0, 0.05) is 6.54 Å². The Bertz CT molecular complexity index is 812. The fourth-order valence-electron chi connectivity index (χ4n) is 2.20. The van der Waals surface area contributed by atoms with Crippen molar-refractivity contribution in [2.24, 2.45) is 0 Å². The summed E-state index contributed by atoms with van der Waals surface area (Å²) in [6.45, 7) is 0.636. The van der Waals surface area contributed by atoms with Crippen molar-refractivity contribution in [2.75, 3.05) is 11.9 Å². The van der Waals surface area contributed by atoms with Crippen LogP contribution in [0.4, 0.5) is 10.3 Å². The number of hydrogen-bond donors (Lipinski definition) is 3. The second kappa shape index (κ2) is 5.85. The molecule has 0 radical (unpaired) electrons. The van der Waals surface area contributed by atoms with Gasteiger partial charge in [-0.3, -0.25) is 0 Å². The van der Waals surface area contributed by atoms with Crippen LogP contribution in [0.15, 0.2) is 42.5 Å². The van der Waals surface area contributed by atoms with E-state index in [2.05, 4.69) is 15.3 Å². The minimum absolute atomic E-state index is 0.217. The lowest BCUT2D eigenvalue weighted by atomic mass is 10.1. The maximum absolute atomic E-state index is 12.8. The van der Waals surface area contributed by atoms with Crippen molar-refractivity contribution in [2.45, 2.75) is 6.42 Å². The number of carbonyl (C=O) groups is 1. The molecule has 0 spiro atoms. The van der Waals surface area contributed by atoms with E-state index in [9.17, 15) is 9.18 Å². The Morgan fingerprint density at radius 2 is 2.00 bits per heavy atom. The van der Waals surface area contributed by atoms with E-state index in [1.54, 1.807) is 24.3 Å². The minimum Gasteiger partial charge on any atom is -0.478 e. The van der Waals surface area contributed by atoms with Gasteiger partial charge in [0.1, 0.15) is 5.82 Å². The molecule has 0 amide bonds. The van der Waals surface area contributed by atoms with E-state index in [1.807, 2.05) is 0 Å². The normalized spacial score (nSPS) is 10.8. The number of benzene rings is 2. The molecule has 2 aromatic carbocycles. The Morgan fingerprint density at radius 3 is 2.73 bits per heavy atom. The predicted octanol–water partition coefficient (Wildman–Crippen LogP) is 3.05. The van der Waals surface area contributed by atoms with Crippen LogP contribution in [0, 0.1) is 5.82 Å². The third kappa shape index (κ3) is 3.06. The third-order valence-corrected chi connectivity index (χ3v) is 3.35. The number of nitrogens with one attached hydrogen (secondary N) is 2. The van der Waals surface area contributed by atoms with Gasteiger partial charge in [0.2, 0.25) is 5.95 Å². The van der Waals surface area contributed by atoms with E-state index in [0.29, 0.717) is 23.5 Å². The van der Waals surface area contributed by atoms with Crippen molar-refractivity contribution in [3.63, 3.8) is 0 Å². The van der Waals surface area contributed by atoms with Crippen molar-refractivity contribution < 1.29 is 14.3 Å². The first-order valence-electron chi connectivity index (χ1n) is 6.83. The number of carboxylic acids is 1. The number of rotatable bonds is 5. The average molecular weight is 299 g/mol. The van der Waals surface area contributed by atoms with Crippen molar-refractivity contribution >= 4 is 23.0 Å². The topological polar surface area (TPSA) is 78.0 Å². The van der Waals surface area contributed by atoms with Crippen LogP contribution in [0.25, 0.3) is 11.0 Å². The van der Waals surface area contributed by atoms with E-state index in [-0.39, 0.29) is 11.4 Å². The lowest BCUT2D eigenvalue weighted by Gasteiger charge is -2.02. The summed E-state index contributed by atoms with van der Waals surface area (Å²) in [6, 6.07) is 11.1. The fourth-order valence-corrected chi connectivity index (χ4v) is 2.20. The van der Waals surface area contributed by atoms with Crippen LogP contribution < -0.4 is 5.32 Å². The molecule has 0 saturated heterocycles. The van der Waals surface area contributed by atoms with Crippen LogP contribution in [0.1, 0.15) is 15.9 Å². The summed E-state index contributed by atoms with van der Waals surface area (Å²) in [6.07, 6.45) is 0.734. The summed E-state index contributed by atoms with van der Waals surface area (Å²) in [5, 5.41) is 12.1. The molecule has 0 saturated carbocycles. The van der Waals surface area contributed by atoms with Gasteiger partial charge in [-0.15, -0.1) is 0 Å². The zero-order chi connectivity index (χ0) is 15.5. The van der Waals surface area contributed by atoms with Crippen LogP contribution in [0.5, 0.6) is 0 Å². The van der Waals surface area contributed by atoms with Crippen LogP contribution in [0.3, 0.4) is 0 Å². The summed E-state index contributed by atoms with van der Waals surface area (Å²) < 4.78 is 12.8. The second-order valence-electron chi connectivity index (χ2n) is 4.93. The highest BCUT2D eigenvalue weighted by Gasteiger charge is 2.07. The summed E-state index contributed by atoms with van der Waals surface area (Å²) >= 11 is 0. The van der Waals surface area contributed by atoms with Gasteiger partial charge in [0.15, 0.2) is 0 Å². The van der Waals surface area contributed by atoms with Gasteiger partial charge in [-0.25, -0.2) is 14.2 Å². The van der Waals surface area contributed by atoms with Gasteiger partial charge in [-0.2, -0.15) is 0 Å². The predicted molar refractivity (Wildman–Crippen MR) is 81.6 cm³/mol.